The summed E-state index contributed by atoms with van der Waals surface area (Å²) >= 11 is 0. The van der Waals surface area contributed by atoms with Gasteiger partial charge in [0.2, 0.25) is 0 Å². The van der Waals surface area contributed by atoms with Crippen molar-refractivity contribution in [3.05, 3.63) is 35.9 Å². The molecular weight excluding hydrogens is 234 g/mol. The number of pyridine rings is 1. The van der Waals surface area contributed by atoms with Crippen LogP contribution in [0.2, 0.25) is 0 Å². The van der Waals surface area contributed by atoms with Crippen LogP contribution in [0.15, 0.2) is 30.3 Å². The highest BCUT2D eigenvalue weighted by Gasteiger charge is 2.17. The molecule has 0 amide bonds. The first-order chi connectivity index (χ1) is 9.38. The zero-order valence-corrected chi connectivity index (χ0v) is 11.0. The maximum atomic E-state index is 8.81. The number of hydrogen-bond donors (Lipinski definition) is 0. The van der Waals surface area contributed by atoms with Crippen LogP contribution < -0.4 is 4.90 Å². The Balaban J connectivity index is 2.07. The van der Waals surface area contributed by atoms with E-state index in [1.54, 1.807) is 0 Å². The second-order valence-electron chi connectivity index (χ2n) is 5.02. The molecule has 0 unspecified atom stereocenters. The number of para-hydroxylation sites is 1. The minimum atomic E-state index is 0.556. The molecule has 3 rings (SSSR count). The standard InChI is InChI=1S/C16H17N3/c17-9-5-7-14-12-13-6-1-2-8-15(13)18-16(14)19-10-3-4-11-19/h1-2,6,8,12H,3-5,7,10-11H2. The Kier molecular flexibility index (Phi) is 3.33. The molecular formula is C16H17N3. The smallest absolute Gasteiger partial charge is 0.132 e. The van der Waals surface area contributed by atoms with Gasteiger partial charge in [-0.3, -0.25) is 0 Å². The van der Waals surface area contributed by atoms with Crippen molar-refractivity contribution in [1.82, 2.24) is 4.98 Å². The van der Waals surface area contributed by atoms with Crippen LogP contribution in [0, 0.1) is 11.3 Å². The summed E-state index contributed by atoms with van der Waals surface area (Å²) in [6.45, 7) is 2.18. The van der Waals surface area contributed by atoms with E-state index in [1.165, 1.54) is 23.8 Å². The molecule has 0 saturated carbocycles. The van der Waals surface area contributed by atoms with Crippen molar-refractivity contribution in [2.45, 2.75) is 25.7 Å². The fourth-order valence-corrected chi connectivity index (χ4v) is 2.73. The van der Waals surface area contributed by atoms with Gasteiger partial charge < -0.3 is 4.90 Å². The monoisotopic (exact) mass is 251 g/mol. The molecule has 2 heterocycles. The normalized spacial score (nSPS) is 14.8. The van der Waals surface area contributed by atoms with Crippen LogP contribution in [0.4, 0.5) is 5.82 Å². The van der Waals surface area contributed by atoms with Gasteiger partial charge in [-0.05, 0) is 37.0 Å². The number of aromatic nitrogens is 1. The molecule has 0 aliphatic carbocycles. The molecule has 1 aliphatic heterocycles. The Labute approximate surface area is 113 Å². The summed E-state index contributed by atoms with van der Waals surface area (Å²) in [6.07, 6.45) is 3.83. The van der Waals surface area contributed by atoms with Gasteiger partial charge in [-0.1, -0.05) is 18.2 Å². The van der Waals surface area contributed by atoms with Crippen molar-refractivity contribution in [2.24, 2.45) is 0 Å². The fourth-order valence-electron chi connectivity index (χ4n) is 2.73. The Bertz CT molecular complexity index is 621. The molecule has 2 aromatic rings. The van der Waals surface area contributed by atoms with E-state index in [1.807, 2.05) is 12.1 Å². The van der Waals surface area contributed by atoms with Crippen molar-refractivity contribution in [3.8, 4) is 6.07 Å². The number of rotatable bonds is 3. The maximum Gasteiger partial charge on any atom is 0.132 e. The Morgan fingerprint density at radius 2 is 2.00 bits per heavy atom. The van der Waals surface area contributed by atoms with Crippen molar-refractivity contribution in [2.75, 3.05) is 18.0 Å². The number of nitrogens with zero attached hydrogens (tertiary/aromatic N) is 3. The molecule has 1 aliphatic rings. The molecule has 19 heavy (non-hydrogen) atoms. The lowest BCUT2D eigenvalue weighted by atomic mass is 10.1. The van der Waals surface area contributed by atoms with Crippen LogP contribution in [-0.2, 0) is 6.42 Å². The highest BCUT2D eigenvalue weighted by atomic mass is 15.2. The quantitative estimate of drug-likeness (QED) is 0.840. The molecule has 1 fully saturated rings. The summed E-state index contributed by atoms with van der Waals surface area (Å²) in [4.78, 5) is 7.19. The minimum absolute atomic E-state index is 0.556. The van der Waals surface area contributed by atoms with E-state index in [4.69, 9.17) is 10.2 Å². The summed E-state index contributed by atoms with van der Waals surface area (Å²) < 4.78 is 0. The number of anilines is 1. The lowest BCUT2D eigenvalue weighted by molar-refractivity contribution is 0.906. The van der Waals surface area contributed by atoms with E-state index in [0.717, 1.165) is 30.8 Å². The topological polar surface area (TPSA) is 39.9 Å². The molecule has 3 nitrogen and oxygen atoms in total. The third-order valence-electron chi connectivity index (χ3n) is 3.69. The van der Waals surface area contributed by atoms with E-state index < -0.39 is 0 Å². The van der Waals surface area contributed by atoms with Gasteiger partial charge in [-0.15, -0.1) is 0 Å². The number of nitriles is 1. The SMILES string of the molecule is N#CCCc1cc2ccccc2nc1N1CCCC1. The van der Waals surface area contributed by atoms with Gasteiger partial charge in [-0.25, -0.2) is 4.98 Å². The van der Waals surface area contributed by atoms with Crippen molar-refractivity contribution in [1.29, 1.82) is 5.26 Å². The second kappa shape index (κ2) is 5.27. The Morgan fingerprint density at radius 1 is 1.21 bits per heavy atom. The van der Waals surface area contributed by atoms with Gasteiger partial charge >= 0.3 is 0 Å². The van der Waals surface area contributed by atoms with Crippen LogP contribution >= 0.6 is 0 Å². The van der Waals surface area contributed by atoms with Gasteiger partial charge in [0.15, 0.2) is 0 Å². The average molecular weight is 251 g/mol. The molecule has 1 aromatic carbocycles. The lowest BCUT2D eigenvalue weighted by Crippen LogP contribution is -2.20. The molecule has 0 spiro atoms. The van der Waals surface area contributed by atoms with E-state index >= 15 is 0 Å². The van der Waals surface area contributed by atoms with E-state index in [9.17, 15) is 0 Å². The summed E-state index contributed by atoms with van der Waals surface area (Å²) in [5.74, 6) is 1.09. The largest absolute Gasteiger partial charge is 0.356 e. The van der Waals surface area contributed by atoms with Crippen LogP contribution in [0.25, 0.3) is 10.9 Å². The summed E-state index contributed by atoms with van der Waals surface area (Å²) in [7, 11) is 0. The van der Waals surface area contributed by atoms with Gasteiger partial charge in [-0.2, -0.15) is 5.26 Å². The molecule has 96 valence electrons. The van der Waals surface area contributed by atoms with E-state index in [2.05, 4.69) is 29.2 Å². The number of aryl methyl sites for hydroxylation is 1. The zero-order valence-electron chi connectivity index (χ0n) is 11.0. The summed E-state index contributed by atoms with van der Waals surface area (Å²) in [5, 5.41) is 9.98. The van der Waals surface area contributed by atoms with E-state index in [-0.39, 0.29) is 0 Å². The number of benzene rings is 1. The van der Waals surface area contributed by atoms with Crippen LogP contribution in [0.3, 0.4) is 0 Å². The summed E-state index contributed by atoms with van der Waals surface area (Å²) in [6, 6.07) is 12.6. The average Bonchev–Trinajstić information content (AvgIpc) is 2.98. The van der Waals surface area contributed by atoms with Crippen molar-refractivity contribution >= 4 is 16.7 Å². The van der Waals surface area contributed by atoms with Gasteiger partial charge in [0.25, 0.3) is 0 Å². The van der Waals surface area contributed by atoms with Gasteiger partial charge in [0.05, 0.1) is 11.6 Å². The molecule has 1 saturated heterocycles. The van der Waals surface area contributed by atoms with Crippen LogP contribution in [-0.4, -0.2) is 18.1 Å². The Hall–Kier alpha value is -2.08. The fraction of sp³-hybridized carbons (Fsp3) is 0.375. The molecule has 0 bridgehead atoms. The summed E-state index contributed by atoms with van der Waals surface area (Å²) in [5.41, 5.74) is 2.26. The first kappa shape index (κ1) is 12.0. The third kappa shape index (κ3) is 2.39. The van der Waals surface area contributed by atoms with Gasteiger partial charge in [0.1, 0.15) is 5.82 Å². The van der Waals surface area contributed by atoms with Gasteiger partial charge in [0, 0.05) is 24.9 Å². The second-order valence-corrected chi connectivity index (χ2v) is 5.02. The highest BCUT2D eigenvalue weighted by Crippen LogP contribution is 2.27. The number of fused-ring (bicyclic) bond motifs is 1. The molecule has 0 atom stereocenters. The van der Waals surface area contributed by atoms with Crippen molar-refractivity contribution in [3.63, 3.8) is 0 Å². The molecule has 0 radical (unpaired) electrons. The van der Waals surface area contributed by atoms with E-state index in [0.29, 0.717) is 6.42 Å². The predicted molar refractivity (Wildman–Crippen MR) is 77.1 cm³/mol. The Morgan fingerprint density at radius 3 is 2.79 bits per heavy atom. The molecule has 1 aromatic heterocycles. The first-order valence-electron chi connectivity index (χ1n) is 6.89. The van der Waals surface area contributed by atoms with Crippen LogP contribution in [0.5, 0.6) is 0 Å². The minimum Gasteiger partial charge on any atom is -0.356 e. The van der Waals surface area contributed by atoms with Crippen molar-refractivity contribution < 1.29 is 0 Å². The van der Waals surface area contributed by atoms with Crippen LogP contribution in [0.1, 0.15) is 24.8 Å². The lowest BCUT2D eigenvalue weighted by Gasteiger charge is -2.20. The predicted octanol–water partition coefficient (Wildman–Crippen LogP) is 3.29. The number of hydrogen-bond acceptors (Lipinski definition) is 3. The first-order valence-corrected chi connectivity index (χ1v) is 6.89. The maximum absolute atomic E-state index is 8.81. The third-order valence-corrected chi connectivity index (χ3v) is 3.69. The molecule has 3 heteroatoms. The molecule has 0 N–H and O–H groups in total. The zero-order chi connectivity index (χ0) is 13.1. The highest BCUT2D eigenvalue weighted by molar-refractivity contribution is 5.81.